The standard InChI is InChI=1S/C14H21NO2S/c1-10-6-7-13(8-11(10)2)18(16,17)14-5-3-4-12(14)9-15/h6-8,12,14H,3-5,9,15H2,1-2H3. The largest absolute Gasteiger partial charge is 0.330 e. The van der Waals surface area contributed by atoms with Crippen molar-refractivity contribution in [3.8, 4) is 0 Å². The highest BCUT2D eigenvalue weighted by Gasteiger charge is 2.37. The van der Waals surface area contributed by atoms with Crippen LogP contribution in [0, 0.1) is 19.8 Å². The Labute approximate surface area is 109 Å². The van der Waals surface area contributed by atoms with E-state index in [0.29, 0.717) is 11.4 Å². The third-order valence-electron chi connectivity index (χ3n) is 4.10. The number of nitrogens with two attached hydrogens (primary N) is 1. The number of hydrogen-bond acceptors (Lipinski definition) is 3. The van der Waals surface area contributed by atoms with E-state index in [4.69, 9.17) is 5.73 Å². The molecule has 0 spiro atoms. The Balaban J connectivity index is 2.38. The molecule has 0 heterocycles. The predicted octanol–water partition coefficient (Wildman–Crippen LogP) is 2.20. The lowest BCUT2D eigenvalue weighted by molar-refractivity contribution is 0.523. The number of aryl methyl sites for hydroxylation is 2. The SMILES string of the molecule is Cc1ccc(S(=O)(=O)C2CCCC2CN)cc1C. The monoisotopic (exact) mass is 267 g/mol. The average Bonchev–Trinajstić information content (AvgIpc) is 2.81. The van der Waals surface area contributed by atoms with Crippen LogP contribution in [0.4, 0.5) is 0 Å². The number of rotatable bonds is 3. The number of hydrogen-bond donors (Lipinski definition) is 1. The van der Waals surface area contributed by atoms with E-state index in [1.54, 1.807) is 12.1 Å². The molecule has 0 bridgehead atoms. The molecule has 0 aliphatic heterocycles. The molecule has 1 aromatic rings. The highest BCUT2D eigenvalue weighted by Crippen LogP contribution is 2.34. The summed E-state index contributed by atoms with van der Waals surface area (Å²) in [5, 5.41) is -0.287. The second kappa shape index (κ2) is 5.02. The first-order valence-corrected chi connectivity index (χ1v) is 8.02. The first kappa shape index (κ1) is 13.6. The molecular weight excluding hydrogens is 246 g/mol. The summed E-state index contributed by atoms with van der Waals surface area (Å²) in [7, 11) is -3.22. The van der Waals surface area contributed by atoms with Gasteiger partial charge in [-0.2, -0.15) is 0 Å². The van der Waals surface area contributed by atoms with Gasteiger partial charge in [0.15, 0.2) is 9.84 Å². The number of sulfone groups is 1. The van der Waals surface area contributed by atoms with Crippen molar-refractivity contribution in [1.82, 2.24) is 0 Å². The maximum atomic E-state index is 12.6. The molecule has 1 aromatic carbocycles. The second-order valence-electron chi connectivity index (χ2n) is 5.26. The smallest absolute Gasteiger partial charge is 0.181 e. The van der Waals surface area contributed by atoms with Gasteiger partial charge in [-0.05, 0) is 62.4 Å². The van der Waals surface area contributed by atoms with E-state index in [-0.39, 0.29) is 11.2 Å². The van der Waals surface area contributed by atoms with Crippen LogP contribution in [0.15, 0.2) is 23.1 Å². The summed E-state index contributed by atoms with van der Waals surface area (Å²) in [5.74, 6) is 0.122. The third-order valence-corrected chi connectivity index (χ3v) is 6.43. The molecule has 0 amide bonds. The Morgan fingerprint density at radius 1 is 1.22 bits per heavy atom. The quantitative estimate of drug-likeness (QED) is 0.913. The zero-order valence-electron chi connectivity index (χ0n) is 11.0. The van der Waals surface area contributed by atoms with Crippen LogP contribution >= 0.6 is 0 Å². The Hall–Kier alpha value is -0.870. The molecule has 100 valence electrons. The fourth-order valence-corrected chi connectivity index (χ4v) is 4.93. The van der Waals surface area contributed by atoms with Crippen molar-refractivity contribution in [2.24, 2.45) is 11.7 Å². The van der Waals surface area contributed by atoms with Gasteiger partial charge in [0.1, 0.15) is 0 Å². The second-order valence-corrected chi connectivity index (χ2v) is 7.42. The van der Waals surface area contributed by atoms with Crippen LogP contribution in [0.5, 0.6) is 0 Å². The van der Waals surface area contributed by atoms with E-state index in [1.807, 2.05) is 19.9 Å². The van der Waals surface area contributed by atoms with Gasteiger partial charge in [-0.1, -0.05) is 12.5 Å². The van der Waals surface area contributed by atoms with Gasteiger partial charge in [0.05, 0.1) is 10.1 Å². The topological polar surface area (TPSA) is 60.2 Å². The van der Waals surface area contributed by atoms with E-state index in [1.165, 1.54) is 0 Å². The molecule has 1 aliphatic carbocycles. The lowest BCUT2D eigenvalue weighted by Crippen LogP contribution is -2.30. The third kappa shape index (κ3) is 2.31. The fraction of sp³-hybridized carbons (Fsp3) is 0.571. The lowest BCUT2D eigenvalue weighted by Gasteiger charge is -2.19. The normalized spacial score (nSPS) is 24.4. The molecule has 0 aromatic heterocycles. The minimum Gasteiger partial charge on any atom is -0.330 e. The first-order chi connectivity index (χ1) is 8.46. The van der Waals surface area contributed by atoms with E-state index in [0.717, 1.165) is 30.4 Å². The molecule has 0 radical (unpaired) electrons. The van der Waals surface area contributed by atoms with Crippen molar-refractivity contribution in [2.75, 3.05) is 6.54 Å². The Morgan fingerprint density at radius 3 is 2.56 bits per heavy atom. The predicted molar refractivity (Wildman–Crippen MR) is 73.3 cm³/mol. The molecule has 4 heteroatoms. The highest BCUT2D eigenvalue weighted by atomic mass is 32.2. The van der Waals surface area contributed by atoms with Crippen molar-refractivity contribution < 1.29 is 8.42 Å². The molecule has 2 rings (SSSR count). The average molecular weight is 267 g/mol. The summed E-state index contributed by atoms with van der Waals surface area (Å²) < 4.78 is 25.2. The van der Waals surface area contributed by atoms with Crippen molar-refractivity contribution in [3.63, 3.8) is 0 Å². The van der Waals surface area contributed by atoms with Crippen LogP contribution in [0.25, 0.3) is 0 Å². The van der Waals surface area contributed by atoms with Crippen molar-refractivity contribution >= 4 is 9.84 Å². The van der Waals surface area contributed by atoms with E-state index in [9.17, 15) is 8.42 Å². The molecule has 1 aliphatic rings. The van der Waals surface area contributed by atoms with E-state index in [2.05, 4.69) is 0 Å². The summed E-state index contributed by atoms with van der Waals surface area (Å²) in [5.41, 5.74) is 7.84. The van der Waals surface area contributed by atoms with Gasteiger partial charge in [0, 0.05) is 0 Å². The van der Waals surface area contributed by atoms with Gasteiger partial charge in [-0.15, -0.1) is 0 Å². The van der Waals surface area contributed by atoms with Crippen molar-refractivity contribution in [1.29, 1.82) is 0 Å². The molecular formula is C14H21NO2S. The zero-order chi connectivity index (χ0) is 13.3. The minimum absolute atomic E-state index is 0.122. The van der Waals surface area contributed by atoms with Crippen molar-refractivity contribution in [2.45, 2.75) is 43.3 Å². The zero-order valence-corrected chi connectivity index (χ0v) is 11.8. The number of benzene rings is 1. The maximum Gasteiger partial charge on any atom is 0.181 e. The molecule has 1 fully saturated rings. The molecule has 0 saturated heterocycles. The summed E-state index contributed by atoms with van der Waals surface area (Å²) in [4.78, 5) is 0.455. The van der Waals surface area contributed by atoms with Crippen LogP contribution in [0.2, 0.25) is 0 Å². The van der Waals surface area contributed by atoms with E-state index >= 15 is 0 Å². The molecule has 2 unspecified atom stereocenters. The van der Waals surface area contributed by atoms with Gasteiger partial charge >= 0.3 is 0 Å². The van der Waals surface area contributed by atoms with Crippen LogP contribution < -0.4 is 5.73 Å². The van der Waals surface area contributed by atoms with Crippen LogP contribution in [0.1, 0.15) is 30.4 Å². The van der Waals surface area contributed by atoms with Gasteiger partial charge < -0.3 is 5.73 Å². The van der Waals surface area contributed by atoms with Gasteiger partial charge in [0.2, 0.25) is 0 Å². The van der Waals surface area contributed by atoms with Gasteiger partial charge in [-0.25, -0.2) is 8.42 Å². The molecule has 3 nitrogen and oxygen atoms in total. The molecule has 2 atom stereocenters. The maximum absolute atomic E-state index is 12.6. The van der Waals surface area contributed by atoms with Gasteiger partial charge in [0.25, 0.3) is 0 Å². The molecule has 2 N–H and O–H groups in total. The molecule has 18 heavy (non-hydrogen) atoms. The van der Waals surface area contributed by atoms with Gasteiger partial charge in [-0.3, -0.25) is 0 Å². The Bertz CT molecular complexity index is 537. The van der Waals surface area contributed by atoms with Crippen LogP contribution in [-0.4, -0.2) is 20.2 Å². The molecule has 1 saturated carbocycles. The van der Waals surface area contributed by atoms with Crippen LogP contribution in [0.3, 0.4) is 0 Å². The minimum atomic E-state index is -3.22. The van der Waals surface area contributed by atoms with E-state index < -0.39 is 9.84 Å². The van der Waals surface area contributed by atoms with Crippen molar-refractivity contribution in [3.05, 3.63) is 29.3 Å². The van der Waals surface area contributed by atoms with Crippen LogP contribution in [-0.2, 0) is 9.84 Å². The summed E-state index contributed by atoms with van der Waals surface area (Å²) >= 11 is 0. The fourth-order valence-electron chi connectivity index (χ4n) is 2.75. The summed E-state index contributed by atoms with van der Waals surface area (Å²) in [6.07, 6.45) is 2.65. The Kier molecular flexibility index (Phi) is 3.78. The lowest BCUT2D eigenvalue weighted by atomic mass is 10.1. The highest BCUT2D eigenvalue weighted by molar-refractivity contribution is 7.92. The summed E-state index contributed by atoms with van der Waals surface area (Å²) in [6, 6.07) is 5.40. The summed E-state index contributed by atoms with van der Waals surface area (Å²) in [6.45, 7) is 4.40. The Morgan fingerprint density at radius 2 is 1.94 bits per heavy atom. The first-order valence-electron chi connectivity index (χ1n) is 6.48.